The summed E-state index contributed by atoms with van der Waals surface area (Å²) in [5.74, 6) is 0. The Morgan fingerprint density at radius 3 is 1.36 bits per heavy atom. The minimum atomic E-state index is 0.451. The summed E-state index contributed by atoms with van der Waals surface area (Å²) in [4.78, 5) is 0. The molecule has 0 radical (unpaired) electrons. The largest absolute Gasteiger partial charge is 0.389 e. The van der Waals surface area contributed by atoms with E-state index in [0.29, 0.717) is 6.04 Å². The van der Waals surface area contributed by atoms with Gasteiger partial charge in [-0.05, 0) is 65.3 Å². The zero-order valence-electron chi connectivity index (χ0n) is 25.0. The van der Waals surface area contributed by atoms with Gasteiger partial charge in [-0.1, -0.05) is 116 Å². The minimum absolute atomic E-state index is 0.451. The molecule has 3 nitrogen and oxygen atoms in total. The van der Waals surface area contributed by atoms with Gasteiger partial charge in [0.1, 0.15) is 0 Å². The van der Waals surface area contributed by atoms with Crippen molar-refractivity contribution < 1.29 is 0 Å². The Kier molecular flexibility index (Phi) is 25.9. The number of rotatable bonds is 29. The minimum Gasteiger partial charge on any atom is -0.389 e. The molecule has 0 saturated heterocycles. The van der Waals surface area contributed by atoms with Gasteiger partial charge in [0.2, 0.25) is 0 Å². The van der Waals surface area contributed by atoms with Gasteiger partial charge in [-0.15, -0.1) is 0 Å². The second kappa shape index (κ2) is 26.8. The first-order chi connectivity index (χ1) is 17.5. The lowest BCUT2D eigenvalue weighted by Crippen LogP contribution is -2.26. The molecule has 0 aromatic carbocycles. The van der Waals surface area contributed by atoms with Crippen LogP contribution in [-0.4, -0.2) is 26.2 Å². The van der Waals surface area contributed by atoms with Crippen LogP contribution in [0.15, 0.2) is 36.7 Å². The van der Waals surface area contributed by atoms with Crippen LogP contribution >= 0.6 is 0 Å². The van der Waals surface area contributed by atoms with E-state index in [1.54, 1.807) is 0 Å². The molecule has 0 bridgehead atoms. The third-order valence-electron chi connectivity index (χ3n) is 7.35. The third-order valence-corrected chi connectivity index (χ3v) is 7.35. The lowest BCUT2D eigenvalue weighted by Gasteiger charge is -2.16. The van der Waals surface area contributed by atoms with Gasteiger partial charge >= 0.3 is 0 Å². The second-order valence-electron chi connectivity index (χ2n) is 11.0. The molecule has 0 fully saturated rings. The Balaban J connectivity index is 3.35. The average molecular weight is 504 g/mol. The smallest absolute Gasteiger partial charge is 0.0271 e. The van der Waals surface area contributed by atoms with Crippen molar-refractivity contribution in [3.63, 3.8) is 0 Å². The number of hydrogen-bond acceptors (Lipinski definition) is 3. The second-order valence-corrected chi connectivity index (χ2v) is 11.0. The molecular formula is C33H65N3. The molecular weight excluding hydrogens is 438 g/mol. The molecule has 0 heterocycles. The number of hydrogen-bond donors (Lipinski definition) is 3. The number of allylic oxidation sites excluding steroid dienone is 2. The van der Waals surface area contributed by atoms with E-state index >= 15 is 0 Å². The molecule has 1 unspecified atom stereocenters. The van der Waals surface area contributed by atoms with E-state index in [2.05, 4.69) is 49.5 Å². The Morgan fingerprint density at radius 2 is 0.944 bits per heavy atom. The molecule has 3 N–H and O–H groups in total. The van der Waals surface area contributed by atoms with Crippen LogP contribution in [0.1, 0.15) is 149 Å². The molecule has 0 amide bonds. The molecule has 0 rings (SSSR count). The van der Waals surface area contributed by atoms with Crippen LogP contribution in [0.2, 0.25) is 0 Å². The topological polar surface area (TPSA) is 36.1 Å². The quantitative estimate of drug-likeness (QED) is 0.0702. The predicted octanol–water partition coefficient (Wildman–Crippen LogP) is 9.57. The standard InChI is InChI=1S/C33H65N3/c1-7-8-9-10-11-12-13-14-15-16-17-18-20-25-31(4)35-28-23-19-21-26-32(5)36-29-24-22-27-33(34-6)30(2)3/h33-36H,2,4-5,7-29H2,1,3,6H3. The zero-order valence-corrected chi connectivity index (χ0v) is 25.0. The zero-order chi connectivity index (χ0) is 26.7. The Bertz CT molecular complexity index is 525. The number of unbranched alkanes of at least 4 members (excludes halogenated alkanes) is 15. The molecule has 0 aliphatic heterocycles. The molecule has 0 saturated carbocycles. The number of likely N-dealkylation sites (N-methyl/N-ethyl adjacent to an activating group) is 1. The Hall–Kier alpha value is -1.22. The highest BCUT2D eigenvalue weighted by Crippen LogP contribution is 2.14. The van der Waals surface area contributed by atoms with Gasteiger partial charge in [0.05, 0.1) is 0 Å². The van der Waals surface area contributed by atoms with Gasteiger partial charge < -0.3 is 16.0 Å². The van der Waals surface area contributed by atoms with E-state index in [0.717, 1.165) is 32.4 Å². The van der Waals surface area contributed by atoms with Crippen LogP contribution in [-0.2, 0) is 0 Å². The molecule has 0 aromatic heterocycles. The summed E-state index contributed by atoms with van der Waals surface area (Å²) in [6.07, 6.45) is 27.9. The molecule has 0 aliphatic carbocycles. The first kappa shape index (κ1) is 34.8. The van der Waals surface area contributed by atoms with Crippen LogP contribution in [0.25, 0.3) is 0 Å². The van der Waals surface area contributed by atoms with E-state index in [1.165, 1.54) is 133 Å². The van der Waals surface area contributed by atoms with Crippen molar-refractivity contribution in [1.82, 2.24) is 16.0 Å². The molecule has 36 heavy (non-hydrogen) atoms. The van der Waals surface area contributed by atoms with Crippen molar-refractivity contribution in [2.45, 2.75) is 155 Å². The van der Waals surface area contributed by atoms with Crippen molar-refractivity contribution in [3.8, 4) is 0 Å². The highest BCUT2D eigenvalue weighted by molar-refractivity contribution is 5.00. The van der Waals surface area contributed by atoms with Gasteiger partial charge in [-0.25, -0.2) is 0 Å². The van der Waals surface area contributed by atoms with Crippen LogP contribution in [0.4, 0.5) is 0 Å². The maximum absolute atomic E-state index is 4.23. The van der Waals surface area contributed by atoms with E-state index in [4.69, 9.17) is 0 Å². The Labute approximate surface area is 227 Å². The van der Waals surface area contributed by atoms with Gasteiger partial charge in [0.15, 0.2) is 0 Å². The average Bonchev–Trinajstić information content (AvgIpc) is 2.86. The first-order valence-electron chi connectivity index (χ1n) is 15.7. The fourth-order valence-electron chi connectivity index (χ4n) is 4.81. The van der Waals surface area contributed by atoms with Crippen LogP contribution in [0.3, 0.4) is 0 Å². The molecule has 0 aliphatic rings. The normalized spacial score (nSPS) is 11.9. The first-order valence-corrected chi connectivity index (χ1v) is 15.7. The lowest BCUT2D eigenvalue weighted by atomic mass is 10.0. The molecule has 3 heteroatoms. The summed E-state index contributed by atoms with van der Waals surface area (Å²) >= 11 is 0. The highest BCUT2D eigenvalue weighted by Gasteiger charge is 2.05. The molecule has 0 aromatic rings. The van der Waals surface area contributed by atoms with Crippen LogP contribution < -0.4 is 16.0 Å². The van der Waals surface area contributed by atoms with Gasteiger partial charge in [-0.3, -0.25) is 0 Å². The van der Waals surface area contributed by atoms with Gasteiger partial charge in [0, 0.05) is 30.5 Å². The van der Waals surface area contributed by atoms with E-state index in [-0.39, 0.29) is 0 Å². The third kappa shape index (κ3) is 24.5. The predicted molar refractivity (Wildman–Crippen MR) is 165 cm³/mol. The van der Waals surface area contributed by atoms with Crippen LogP contribution in [0.5, 0.6) is 0 Å². The van der Waals surface area contributed by atoms with Crippen molar-refractivity contribution in [3.05, 3.63) is 36.7 Å². The van der Waals surface area contributed by atoms with Crippen molar-refractivity contribution in [2.75, 3.05) is 20.1 Å². The maximum Gasteiger partial charge on any atom is 0.0271 e. The van der Waals surface area contributed by atoms with E-state index < -0.39 is 0 Å². The van der Waals surface area contributed by atoms with Gasteiger partial charge in [-0.2, -0.15) is 0 Å². The highest BCUT2D eigenvalue weighted by atomic mass is 14.9. The molecule has 0 spiro atoms. The lowest BCUT2D eigenvalue weighted by molar-refractivity contribution is 0.535. The molecule has 212 valence electrons. The Morgan fingerprint density at radius 1 is 0.556 bits per heavy atom. The fourth-order valence-corrected chi connectivity index (χ4v) is 4.81. The summed E-state index contributed by atoms with van der Waals surface area (Å²) in [6.45, 7) is 19.0. The summed E-state index contributed by atoms with van der Waals surface area (Å²) in [7, 11) is 2.02. The molecule has 1 atom stereocenters. The van der Waals surface area contributed by atoms with Crippen molar-refractivity contribution >= 4 is 0 Å². The van der Waals surface area contributed by atoms with Gasteiger partial charge in [0.25, 0.3) is 0 Å². The van der Waals surface area contributed by atoms with Crippen molar-refractivity contribution in [1.29, 1.82) is 0 Å². The SMILES string of the molecule is C=C(CCCCCCCCCCCCCCC)NCCCCCC(=C)NCCCCC(NC)C(=C)C. The summed E-state index contributed by atoms with van der Waals surface area (Å²) < 4.78 is 0. The number of nitrogens with one attached hydrogen (secondary N) is 3. The summed E-state index contributed by atoms with van der Waals surface area (Å²) in [5.41, 5.74) is 3.66. The van der Waals surface area contributed by atoms with E-state index in [9.17, 15) is 0 Å². The van der Waals surface area contributed by atoms with Crippen LogP contribution in [0, 0.1) is 0 Å². The summed E-state index contributed by atoms with van der Waals surface area (Å²) in [6, 6.07) is 0.451. The fraction of sp³-hybridized carbons (Fsp3) is 0.818. The monoisotopic (exact) mass is 504 g/mol. The van der Waals surface area contributed by atoms with Crippen molar-refractivity contribution in [2.24, 2.45) is 0 Å². The van der Waals surface area contributed by atoms with E-state index in [1.807, 2.05) is 7.05 Å². The maximum atomic E-state index is 4.23. The summed E-state index contributed by atoms with van der Waals surface area (Å²) in [5, 5.41) is 10.4.